The number of ether oxygens (including phenoxy) is 1. The molecular weight excluding hydrogens is 407 g/mol. The Labute approximate surface area is 177 Å². The van der Waals surface area contributed by atoms with Gasteiger partial charge in [-0.25, -0.2) is 22.5 Å². The zero-order chi connectivity index (χ0) is 22.0. The fourth-order valence-electron chi connectivity index (χ4n) is 2.68. The van der Waals surface area contributed by atoms with Crippen molar-refractivity contribution in [1.29, 1.82) is 0 Å². The second-order valence-corrected chi connectivity index (χ2v) is 8.67. The van der Waals surface area contributed by atoms with Crippen LogP contribution in [0.1, 0.15) is 25.0 Å². The minimum atomic E-state index is -3.32. The Kier molecular flexibility index (Phi) is 9.07. The van der Waals surface area contributed by atoms with Gasteiger partial charge in [0.25, 0.3) is 0 Å². The van der Waals surface area contributed by atoms with Crippen molar-refractivity contribution in [2.24, 2.45) is 4.99 Å². The molecule has 0 spiro atoms. The first-order valence-electron chi connectivity index (χ1n) is 9.74. The molecule has 2 aromatic carbocycles. The van der Waals surface area contributed by atoms with Crippen molar-refractivity contribution in [2.45, 2.75) is 32.2 Å². The van der Waals surface area contributed by atoms with Crippen molar-refractivity contribution in [2.75, 3.05) is 20.1 Å². The van der Waals surface area contributed by atoms with Gasteiger partial charge in [-0.15, -0.1) is 0 Å². The largest absolute Gasteiger partial charge is 0.489 e. The minimum absolute atomic E-state index is 0.0751. The Balaban J connectivity index is 1.95. The molecule has 7 nitrogen and oxygen atoms in total. The molecule has 0 saturated carbocycles. The maximum Gasteiger partial charge on any atom is 0.215 e. The zero-order valence-corrected chi connectivity index (χ0v) is 18.3. The topological polar surface area (TPSA) is 91.8 Å². The molecule has 0 amide bonds. The van der Waals surface area contributed by atoms with Gasteiger partial charge >= 0.3 is 0 Å². The van der Waals surface area contributed by atoms with Gasteiger partial charge in [-0.05, 0) is 44.2 Å². The third-order valence-corrected chi connectivity index (χ3v) is 5.45. The van der Waals surface area contributed by atoms with Crippen molar-refractivity contribution >= 4 is 16.0 Å². The van der Waals surface area contributed by atoms with Crippen LogP contribution >= 0.6 is 0 Å². The summed E-state index contributed by atoms with van der Waals surface area (Å²) < 4.78 is 44.8. The van der Waals surface area contributed by atoms with E-state index in [1.165, 1.54) is 19.2 Å². The van der Waals surface area contributed by atoms with Gasteiger partial charge in [-0.3, -0.25) is 0 Å². The Bertz CT molecular complexity index is 951. The maximum absolute atomic E-state index is 13.3. The van der Waals surface area contributed by atoms with Gasteiger partial charge in [0.05, 0.1) is 18.8 Å². The number of sulfonamides is 1. The Hall–Kier alpha value is -2.65. The number of guanidine groups is 1. The van der Waals surface area contributed by atoms with Crippen molar-refractivity contribution in [1.82, 2.24) is 15.4 Å². The summed E-state index contributed by atoms with van der Waals surface area (Å²) in [6.45, 7) is 5.40. The number of halogens is 1. The van der Waals surface area contributed by atoms with Gasteiger partial charge < -0.3 is 15.4 Å². The number of hydrogen-bond donors (Lipinski definition) is 3. The van der Waals surface area contributed by atoms with E-state index in [1.54, 1.807) is 18.2 Å². The molecule has 2 aromatic rings. The molecule has 1 atom stereocenters. The predicted octanol–water partition coefficient (Wildman–Crippen LogP) is 2.40. The number of hydrogen-bond acceptors (Lipinski definition) is 4. The maximum atomic E-state index is 13.3. The second-order valence-electron chi connectivity index (χ2n) is 6.75. The van der Waals surface area contributed by atoms with Gasteiger partial charge in [0.15, 0.2) is 5.96 Å². The monoisotopic (exact) mass is 436 g/mol. The normalized spacial score (nSPS) is 13.0. The average Bonchev–Trinajstić information content (AvgIpc) is 2.70. The van der Waals surface area contributed by atoms with Crippen LogP contribution in [-0.4, -0.2) is 40.6 Å². The quantitative estimate of drug-likeness (QED) is 0.393. The highest BCUT2D eigenvalue weighted by Crippen LogP contribution is 2.13. The van der Waals surface area contributed by atoms with Gasteiger partial charge in [0.2, 0.25) is 10.0 Å². The van der Waals surface area contributed by atoms with E-state index < -0.39 is 10.0 Å². The van der Waals surface area contributed by atoms with Crippen LogP contribution in [0.15, 0.2) is 53.5 Å². The number of benzene rings is 2. The van der Waals surface area contributed by atoms with E-state index in [0.29, 0.717) is 36.9 Å². The lowest BCUT2D eigenvalue weighted by Crippen LogP contribution is -2.41. The van der Waals surface area contributed by atoms with Crippen LogP contribution < -0.4 is 20.1 Å². The standard InChI is InChI=1S/C21H29FN4O3S/c1-4-24-21(25-13-16(2)29-20-10-6-9-19(22)12-20)26-14-17-7-5-8-18(11-17)15-30(27,28)23-3/h5-12,16,23H,4,13-15H2,1-3H3,(H2,24,25,26). The molecule has 0 aliphatic heterocycles. The lowest BCUT2D eigenvalue weighted by atomic mass is 10.1. The van der Waals surface area contributed by atoms with Gasteiger partial charge in [-0.1, -0.05) is 30.3 Å². The molecule has 1 unspecified atom stereocenters. The van der Waals surface area contributed by atoms with Crippen molar-refractivity contribution in [3.8, 4) is 5.75 Å². The summed E-state index contributed by atoms with van der Waals surface area (Å²) in [5.41, 5.74) is 1.60. The molecule has 3 N–H and O–H groups in total. The summed E-state index contributed by atoms with van der Waals surface area (Å²) in [7, 11) is -1.92. The molecule has 0 aliphatic carbocycles. The molecule has 164 valence electrons. The van der Waals surface area contributed by atoms with Crippen LogP contribution in [0.25, 0.3) is 0 Å². The van der Waals surface area contributed by atoms with Gasteiger partial charge in [0.1, 0.15) is 17.7 Å². The lowest BCUT2D eigenvalue weighted by Gasteiger charge is -2.17. The Morgan fingerprint density at radius 1 is 1.13 bits per heavy atom. The van der Waals surface area contributed by atoms with Crippen LogP contribution in [0.5, 0.6) is 5.75 Å². The first-order chi connectivity index (χ1) is 14.3. The highest BCUT2D eigenvalue weighted by molar-refractivity contribution is 7.88. The van der Waals surface area contributed by atoms with E-state index in [0.717, 1.165) is 5.56 Å². The molecular formula is C21H29FN4O3S. The first-order valence-corrected chi connectivity index (χ1v) is 11.4. The molecule has 9 heteroatoms. The molecule has 30 heavy (non-hydrogen) atoms. The SMILES string of the molecule is CCNC(=NCc1cccc(CS(=O)(=O)NC)c1)NCC(C)Oc1cccc(F)c1. The molecule has 0 heterocycles. The highest BCUT2D eigenvalue weighted by Gasteiger charge is 2.09. The van der Waals surface area contributed by atoms with Crippen LogP contribution in [0.4, 0.5) is 4.39 Å². The van der Waals surface area contributed by atoms with E-state index in [-0.39, 0.29) is 17.7 Å². The summed E-state index contributed by atoms with van der Waals surface area (Å²) in [6.07, 6.45) is -0.203. The van der Waals surface area contributed by atoms with E-state index in [1.807, 2.05) is 32.0 Å². The molecule has 0 aromatic heterocycles. The molecule has 2 rings (SSSR count). The second kappa shape index (κ2) is 11.5. The molecule has 0 bridgehead atoms. The molecule has 0 radical (unpaired) electrons. The smallest absolute Gasteiger partial charge is 0.215 e. The summed E-state index contributed by atoms with van der Waals surface area (Å²) in [5, 5.41) is 6.36. The predicted molar refractivity (Wildman–Crippen MR) is 117 cm³/mol. The summed E-state index contributed by atoms with van der Waals surface area (Å²) in [4.78, 5) is 4.55. The third-order valence-electron chi connectivity index (χ3n) is 4.11. The van der Waals surface area contributed by atoms with Crippen LogP contribution in [0.3, 0.4) is 0 Å². The van der Waals surface area contributed by atoms with Gasteiger partial charge in [0, 0.05) is 12.6 Å². The summed E-state index contributed by atoms with van der Waals surface area (Å²) in [5.74, 6) is 0.668. The summed E-state index contributed by atoms with van der Waals surface area (Å²) in [6, 6.07) is 13.4. The first kappa shape index (κ1) is 23.6. The highest BCUT2D eigenvalue weighted by atomic mass is 32.2. The fourth-order valence-corrected chi connectivity index (χ4v) is 3.44. The number of nitrogens with one attached hydrogen (secondary N) is 3. The van der Waals surface area contributed by atoms with Crippen LogP contribution in [-0.2, 0) is 22.3 Å². The number of rotatable bonds is 10. The average molecular weight is 437 g/mol. The Morgan fingerprint density at radius 3 is 2.57 bits per heavy atom. The third kappa shape index (κ3) is 8.38. The zero-order valence-electron chi connectivity index (χ0n) is 17.5. The molecule has 0 aliphatic rings. The van der Waals surface area contributed by atoms with E-state index in [2.05, 4.69) is 20.3 Å². The molecule has 0 saturated heterocycles. The molecule has 0 fully saturated rings. The van der Waals surface area contributed by atoms with Crippen LogP contribution in [0, 0.1) is 5.82 Å². The van der Waals surface area contributed by atoms with Crippen molar-refractivity contribution in [3.63, 3.8) is 0 Å². The number of nitrogens with zero attached hydrogens (tertiary/aromatic N) is 1. The van der Waals surface area contributed by atoms with Crippen LogP contribution in [0.2, 0.25) is 0 Å². The van der Waals surface area contributed by atoms with E-state index >= 15 is 0 Å². The van der Waals surface area contributed by atoms with Crippen molar-refractivity contribution in [3.05, 3.63) is 65.5 Å². The minimum Gasteiger partial charge on any atom is -0.489 e. The Morgan fingerprint density at radius 2 is 1.87 bits per heavy atom. The van der Waals surface area contributed by atoms with E-state index in [9.17, 15) is 12.8 Å². The fraction of sp³-hybridized carbons (Fsp3) is 0.381. The van der Waals surface area contributed by atoms with Crippen molar-refractivity contribution < 1.29 is 17.5 Å². The summed E-state index contributed by atoms with van der Waals surface area (Å²) >= 11 is 0. The van der Waals surface area contributed by atoms with Gasteiger partial charge in [-0.2, -0.15) is 0 Å². The lowest BCUT2D eigenvalue weighted by molar-refractivity contribution is 0.223. The number of aliphatic imine (C=N–C) groups is 1. The van der Waals surface area contributed by atoms with E-state index in [4.69, 9.17) is 4.74 Å².